The molecule has 6 heteroatoms. The molecule has 16 heavy (non-hydrogen) atoms. The molecule has 2 rings (SSSR count). The Balaban J connectivity index is 2.58. The summed E-state index contributed by atoms with van der Waals surface area (Å²) in [4.78, 5) is 8.31. The summed E-state index contributed by atoms with van der Waals surface area (Å²) in [5.74, 6) is 0.470. The van der Waals surface area contributed by atoms with Crippen molar-refractivity contribution < 1.29 is 0 Å². The standard InChI is InChI=1S/C10H4Cl3IN2/c11-5-1-2-7(12)6(3-5)10-15-4-8(14)9(13)16-10/h1-4H. The van der Waals surface area contributed by atoms with Gasteiger partial charge in [0.05, 0.1) is 8.59 Å². The lowest BCUT2D eigenvalue weighted by Crippen LogP contribution is -1.92. The minimum Gasteiger partial charge on any atom is -0.235 e. The maximum absolute atomic E-state index is 6.04. The largest absolute Gasteiger partial charge is 0.235 e. The number of nitrogens with zero attached hydrogens (tertiary/aromatic N) is 2. The van der Waals surface area contributed by atoms with E-state index in [1.54, 1.807) is 24.4 Å². The number of hydrogen-bond donors (Lipinski definition) is 0. The summed E-state index contributed by atoms with van der Waals surface area (Å²) in [6.45, 7) is 0. The third-order valence-electron chi connectivity index (χ3n) is 1.87. The number of rotatable bonds is 1. The molecule has 0 fully saturated rings. The lowest BCUT2D eigenvalue weighted by molar-refractivity contribution is 1.16. The molecule has 0 radical (unpaired) electrons. The molecule has 0 amide bonds. The molecule has 0 bridgehead atoms. The van der Waals surface area contributed by atoms with E-state index in [1.807, 2.05) is 0 Å². The Morgan fingerprint density at radius 3 is 2.56 bits per heavy atom. The molecule has 1 aromatic heterocycles. The summed E-state index contributed by atoms with van der Waals surface area (Å²) in [7, 11) is 0. The molecule has 0 aliphatic carbocycles. The van der Waals surface area contributed by atoms with Crippen LogP contribution < -0.4 is 0 Å². The molecule has 1 heterocycles. The van der Waals surface area contributed by atoms with Gasteiger partial charge in [-0.25, -0.2) is 9.97 Å². The second kappa shape index (κ2) is 5.04. The summed E-state index contributed by atoms with van der Waals surface area (Å²) >= 11 is 19.9. The van der Waals surface area contributed by atoms with E-state index in [0.717, 1.165) is 3.57 Å². The smallest absolute Gasteiger partial charge is 0.162 e. The predicted molar refractivity (Wildman–Crippen MR) is 75.2 cm³/mol. The van der Waals surface area contributed by atoms with Crippen molar-refractivity contribution in [2.24, 2.45) is 0 Å². The second-order valence-corrected chi connectivity index (χ2v) is 5.32. The summed E-state index contributed by atoms with van der Waals surface area (Å²) in [6.07, 6.45) is 1.64. The van der Waals surface area contributed by atoms with Crippen LogP contribution in [0.5, 0.6) is 0 Å². The van der Waals surface area contributed by atoms with Crippen LogP contribution in [-0.2, 0) is 0 Å². The molecule has 0 spiro atoms. The molecular formula is C10H4Cl3IN2. The van der Waals surface area contributed by atoms with Crippen LogP contribution in [0, 0.1) is 3.57 Å². The number of hydrogen-bond acceptors (Lipinski definition) is 2. The van der Waals surface area contributed by atoms with Gasteiger partial charge in [0.15, 0.2) is 5.82 Å². The second-order valence-electron chi connectivity index (χ2n) is 2.96. The molecule has 0 aliphatic rings. The maximum Gasteiger partial charge on any atom is 0.162 e. The Kier molecular flexibility index (Phi) is 3.89. The summed E-state index contributed by atoms with van der Waals surface area (Å²) in [6, 6.07) is 5.12. The number of benzene rings is 1. The van der Waals surface area contributed by atoms with Gasteiger partial charge in [-0.2, -0.15) is 0 Å². The summed E-state index contributed by atoms with van der Waals surface area (Å²) in [5, 5.41) is 1.53. The van der Waals surface area contributed by atoms with Gasteiger partial charge >= 0.3 is 0 Å². The quantitative estimate of drug-likeness (QED) is 0.525. The van der Waals surface area contributed by atoms with Crippen LogP contribution in [0.4, 0.5) is 0 Å². The van der Waals surface area contributed by atoms with E-state index in [1.165, 1.54) is 0 Å². The van der Waals surface area contributed by atoms with Crippen LogP contribution >= 0.6 is 57.4 Å². The first kappa shape index (κ1) is 12.4. The first-order valence-electron chi connectivity index (χ1n) is 4.21. The molecule has 0 saturated heterocycles. The average molecular weight is 385 g/mol. The van der Waals surface area contributed by atoms with E-state index in [2.05, 4.69) is 32.6 Å². The van der Waals surface area contributed by atoms with E-state index >= 15 is 0 Å². The maximum atomic E-state index is 6.04. The van der Waals surface area contributed by atoms with Crippen molar-refractivity contribution in [3.05, 3.63) is 43.2 Å². The van der Waals surface area contributed by atoms with Crippen LogP contribution in [-0.4, -0.2) is 9.97 Å². The molecule has 0 aliphatic heterocycles. The van der Waals surface area contributed by atoms with E-state index in [4.69, 9.17) is 34.8 Å². The van der Waals surface area contributed by atoms with E-state index in [-0.39, 0.29) is 0 Å². The van der Waals surface area contributed by atoms with Crippen LogP contribution in [0.1, 0.15) is 0 Å². The van der Waals surface area contributed by atoms with Crippen molar-refractivity contribution in [1.29, 1.82) is 0 Å². The van der Waals surface area contributed by atoms with E-state index < -0.39 is 0 Å². The monoisotopic (exact) mass is 384 g/mol. The highest BCUT2D eigenvalue weighted by atomic mass is 127. The Morgan fingerprint density at radius 1 is 1.12 bits per heavy atom. The summed E-state index contributed by atoms with van der Waals surface area (Å²) < 4.78 is 0.793. The highest BCUT2D eigenvalue weighted by Crippen LogP contribution is 2.29. The molecule has 1 aromatic carbocycles. The van der Waals surface area contributed by atoms with Gasteiger partial charge in [0.25, 0.3) is 0 Å². The zero-order valence-electron chi connectivity index (χ0n) is 7.72. The van der Waals surface area contributed by atoms with Crippen LogP contribution in [0.2, 0.25) is 15.2 Å². The van der Waals surface area contributed by atoms with E-state index in [9.17, 15) is 0 Å². The van der Waals surface area contributed by atoms with Crippen molar-refractivity contribution in [2.45, 2.75) is 0 Å². The number of aromatic nitrogens is 2. The average Bonchev–Trinajstić information content (AvgIpc) is 2.26. The first-order chi connectivity index (χ1) is 7.58. The van der Waals surface area contributed by atoms with Gasteiger partial charge in [0, 0.05) is 16.8 Å². The van der Waals surface area contributed by atoms with Gasteiger partial charge in [-0.05, 0) is 40.8 Å². The van der Waals surface area contributed by atoms with Crippen molar-refractivity contribution in [3.8, 4) is 11.4 Å². The van der Waals surface area contributed by atoms with Gasteiger partial charge in [-0.3, -0.25) is 0 Å². The minimum absolute atomic E-state index is 0.404. The third-order valence-corrected chi connectivity index (χ3v) is 3.83. The Bertz CT molecular complexity index is 546. The lowest BCUT2D eigenvalue weighted by Gasteiger charge is -2.04. The molecule has 82 valence electrons. The molecule has 2 aromatic rings. The SMILES string of the molecule is Clc1ccc(Cl)c(-c2ncc(I)c(Cl)n2)c1. The van der Waals surface area contributed by atoms with Gasteiger partial charge < -0.3 is 0 Å². The fourth-order valence-electron chi connectivity index (χ4n) is 1.14. The zero-order valence-corrected chi connectivity index (χ0v) is 12.1. The molecule has 0 atom stereocenters. The Labute approximate surface area is 121 Å². The van der Waals surface area contributed by atoms with Crippen molar-refractivity contribution in [1.82, 2.24) is 9.97 Å². The number of halogens is 4. The third kappa shape index (κ3) is 2.59. The lowest BCUT2D eigenvalue weighted by atomic mass is 10.2. The van der Waals surface area contributed by atoms with Crippen LogP contribution in [0.25, 0.3) is 11.4 Å². The first-order valence-corrected chi connectivity index (χ1v) is 6.42. The van der Waals surface area contributed by atoms with Crippen LogP contribution in [0.3, 0.4) is 0 Å². The minimum atomic E-state index is 0.404. The molecule has 2 nitrogen and oxygen atoms in total. The van der Waals surface area contributed by atoms with Crippen molar-refractivity contribution in [2.75, 3.05) is 0 Å². The van der Waals surface area contributed by atoms with E-state index in [0.29, 0.717) is 26.6 Å². The van der Waals surface area contributed by atoms with Gasteiger partial charge in [0.2, 0.25) is 0 Å². The fourth-order valence-corrected chi connectivity index (χ4v) is 1.91. The van der Waals surface area contributed by atoms with Crippen LogP contribution in [0.15, 0.2) is 24.4 Å². The predicted octanol–water partition coefficient (Wildman–Crippen LogP) is 4.71. The Hall–Kier alpha value is -0.100. The molecule has 0 unspecified atom stereocenters. The molecule has 0 N–H and O–H groups in total. The highest BCUT2D eigenvalue weighted by Gasteiger charge is 2.09. The normalized spacial score (nSPS) is 10.5. The van der Waals surface area contributed by atoms with Crippen molar-refractivity contribution in [3.63, 3.8) is 0 Å². The highest BCUT2D eigenvalue weighted by molar-refractivity contribution is 14.1. The van der Waals surface area contributed by atoms with Gasteiger partial charge in [0.1, 0.15) is 5.15 Å². The summed E-state index contributed by atoms with van der Waals surface area (Å²) in [5.41, 5.74) is 0.674. The van der Waals surface area contributed by atoms with Gasteiger partial charge in [-0.1, -0.05) is 34.8 Å². The van der Waals surface area contributed by atoms with Gasteiger partial charge in [-0.15, -0.1) is 0 Å². The zero-order chi connectivity index (χ0) is 11.7. The topological polar surface area (TPSA) is 25.8 Å². The van der Waals surface area contributed by atoms with Crippen molar-refractivity contribution >= 4 is 57.4 Å². The Morgan fingerprint density at radius 2 is 1.88 bits per heavy atom. The molecular weight excluding hydrogens is 381 g/mol. The molecule has 0 saturated carbocycles. The fraction of sp³-hybridized carbons (Fsp3) is 0.